The van der Waals surface area contributed by atoms with Crippen LogP contribution in [0.15, 0.2) is 24.3 Å². The first-order valence-electron chi connectivity index (χ1n) is 8.38. The standard InChI is InChI=1S/C18H26N2O3/c1-3-14(2)15-8-4-5-9-16(15)23-13-17(21)19-12-18(22)20-10-6-7-11-20/h4-5,8-9,14H,3,6-7,10-13H2,1-2H3,(H,19,21). The van der Waals surface area contributed by atoms with E-state index in [1.165, 1.54) is 0 Å². The molecule has 1 N–H and O–H groups in total. The van der Waals surface area contributed by atoms with Gasteiger partial charge in [0.15, 0.2) is 6.61 Å². The van der Waals surface area contributed by atoms with Crippen LogP contribution < -0.4 is 10.1 Å². The molecule has 5 nitrogen and oxygen atoms in total. The van der Waals surface area contributed by atoms with Crippen molar-refractivity contribution in [1.29, 1.82) is 0 Å². The number of hydrogen-bond acceptors (Lipinski definition) is 3. The summed E-state index contributed by atoms with van der Waals surface area (Å²) in [6, 6.07) is 7.78. The van der Waals surface area contributed by atoms with Gasteiger partial charge in [0.25, 0.3) is 5.91 Å². The molecule has 23 heavy (non-hydrogen) atoms. The van der Waals surface area contributed by atoms with Gasteiger partial charge in [0.2, 0.25) is 5.91 Å². The van der Waals surface area contributed by atoms with E-state index in [1.54, 1.807) is 4.90 Å². The highest BCUT2D eigenvalue weighted by Gasteiger charge is 2.18. The Kier molecular flexibility index (Phi) is 6.44. The average molecular weight is 318 g/mol. The molecule has 0 aliphatic carbocycles. The number of hydrogen-bond donors (Lipinski definition) is 1. The fourth-order valence-corrected chi connectivity index (χ4v) is 2.69. The number of rotatable bonds is 7. The molecule has 0 radical (unpaired) electrons. The number of nitrogens with zero attached hydrogens (tertiary/aromatic N) is 1. The number of carbonyl (C=O) groups excluding carboxylic acids is 2. The molecule has 0 spiro atoms. The number of ether oxygens (including phenoxy) is 1. The van der Waals surface area contributed by atoms with E-state index >= 15 is 0 Å². The van der Waals surface area contributed by atoms with E-state index in [4.69, 9.17) is 4.74 Å². The van der Waals surface area contributed by atoms with E-state index in [0.29, 0.717) is 5.92 Å². The van der Waals surface area contributed by atoms with Gasteiger partial charge in [-0.25, -0.2) is 0 Å². The van der Waals surface area contributed by atoms with Crippen molar-refractivity contribution >= 4 is 11.8 Å². The molecule has 2 amide bonds. The van der Waals surface area contributed by atoms with Crippen LogP contribution in [-0.2, 0) is 9.59 Å². The van der Waals surface area contributed by atoms with E-state index in [2.05, 4.69) is 19.2 Å². The van der Waals surface area contributed by atoms with Gasteiger partial charge in [-0.1, -0.05) is 32.0 Å². The highest BCUT2D eigenvalue weighted by molar-refractivity contribution is 5.85. The Morgan fingerprint density at radius 3 is 2.65 bits per heavy atom. The van der Waals surface area contributed by atoms with Crippen LogP contribution in [-0.4, -0.2) is 43.0 Å². The third-order valence-electron chi connectivity index (χ3n) is 4.32. The lowest BCUT2D eigenvalue weighted by Gasteiger charge is -2.17. The van der Waals surface area contributed by atoms with Crippen LogP contribution in [0.1, 0.15) is 44.6 Å². The van der Waals surface area contributed by atoms with Gasteiger partial charge in [-0.3, -0.25) is 9.59 Å². The molecule has 1 aromatic rings. The van der Waals surface area contributed by atoms with Crippen LogP contribution in [0.3, 0.4) is 0 Å². The van der Waals surface area contributed by atoms with Crippen molar-refractivity contribution in [3.63, 3.8) is 0 Å². The summed E-state index contributed by atoms with van der Waals surface area (Å²) in [5.41, 5.74) is 1.11. The number of likely N-dealkylation sites (tertiary alicyclic amines) is 1. The maximum Gasteiger partial charge on any atom is 0.258 e. The molecular weight excluding hydrogens is 292 g/mol. The quantitative estimate of drug-likeness (QED) is 0.839. The lowest BCUT2D eigenvalue weighted by Crippen LogP contribution is -2.40. The highest BCUT2D eigenvalue weighted by atomic mass is 16.5. The van der Waals surface area contributed by atoms with Crippen molar-refractivity contribution < 1.29 is 14.3 Å². The predicted octanol–water partition coefficient (Wildman–Crippen LogP) is 2.32. The third-order valence-corrected chi connectivity index (χ3v) is 4.32. The minimum atomic E-state index is -0.267. The van der Waals surface area contributed by atoms with Gasteiger partial charge in [0.05, 0.1) is 6.54 Å². The Morgan fingerprint density at radius 1 is 1.26 bits per heavy atom. The van der Waals surface area contributed by atoms with Crippen molar-refractivity contribution in [3.8, 4) is 5.75 Å². The second kappa shape index (κ2) is 8.56. The maximum absolute atomic E-state index is 11.9. The molecule has 1 unspecified atom stereocenters. The van der Waals surface area contributed by atoms with E-state index < -0.39 is 0 Å². The van der Waals surface area contributed by atoms with Crippen molar-refractivity contribution in [3.05, 3.63) is 29.8 Å². The number of amides is 2. The van der Waals surface area contributed by atoms with Crippen molar-refractivity contribution in [1.82, 2.24) is 10.2 Å². The van der Waals surface area contributed by atoms with Crippen LogP contribution in [0.5, 0.6) is 5.75 Å². The molecule has 2 rings (SSSR count). The zero-order chi connectivity index (χ0) is 16.7. The number of benzene rings is 1. The zero-order valence-corrected chi connectivity index (χ0v) is 14.0. The summed E-state index contributed by atoms with van der Waals surface area (Å²) in [5, 5.41) is 2.64. The fourth-order valence-electron chi connectivity index (χ4n) is 2.69. The summed E-state index contributed by atoms with van der Waals surface area (Å²) >= 11 is 0. The molecule has 0 saturated carbocycles. The summed E-state index contributed by atoms with van der Waals surface area (Å²) in [5.74, 6) is 0.834. The molecule has 0 aromatic heterocycles. The van der Waals surface area contributed by atoms with Crippen molar-refractivity contribution in [2.75, 3.05) is 26.2 Å². The molecule has 5 heteroatoms. The average Bonchev–Trinajstić information content (AvgIpc) is 3.12. The van der Waals surface area contributed by atoms with Gasteiger partial charge in [-0.2, -0.15) is 0 Å². The van der Waals surface area contributed by atoms with Crippen LogP contribution in [0.2, 0.25) is 0 Å². The highest BCUT2D eigenvalue weighted by Crippen LogP contribution is 2.28. The molecular formula is C18H26N2O3. The summed E-state index contributed by atoms with van der Waals surface area (Å²) in [6.45, 7) is 5.84. The van der Waals surface area contributed by atoms with Crippen LogP contribution in [0.4, 0.5) is 0 Å². The predicted molar refractivity (Wildman–Crippen MR) is 89.5 cm³/mol. The summed E-state index contributed by atoms with van der Waals surface area (Å²) in [4.78, 5) is 25.5. The summed E-state index contributed by atoms with van der Waals surface area (Å²) in [7, 11) is 0. The molecule has 1 atom stereocenters. The molecule has 0 bridgehead atoms. The second-order valence-electron chi connectivity index (χ2n) is 6.00. The molecule has 1 saturated heterocycles. The molecule has 1 fully saturated rings. The molecule has 1 aliphatic rings. The molecule has 1 aliphatic heterocycles. The Balaban J connectivity index is 1.79. The Labute approximate surface area is 138 Å². The van der Waals surface area contributed by atoms with Crippen LogP contribution in [0, 0.1) is 0 Å². The normalized spacial score (nSPS) is 15.3. The first kappa shape index (κ1) is 17.3. The maximum atomic E-state index is 11.9. The van der Waals surface area contributed by atoms with E-state index in [0.717, 1.165) is 43.7 Å². The fraction of sp³-hybridized carbons (Fsp3) is 0.556. The summed E-state index contributed by atoms with van der Waals surface area (Å²) < 4.78 is 5.64. The van der Waals surface area contributed by atoms with Crippen LogP contribution in [0.25, 0.3) is 0 Å². The van der Waals surface area contributed by atoms with E-state index in [-0.39, 0.29) is 25.0 Å². The van der Waals surface area contributed by atoms with Crippen molar-refractivity contribution in [2.45, 2.75) is 39.0 Å². The first-order valence-corrected chi connectivity index (χ1v) is 8.38. The molecule has 1 heterocycles. The van der Waals surface area contributed by atoms with Gasteiger partial charge in [0, 0.05) is 13.1 Å². The smallest absolute Gasteiger partial charge is 0.258 e. The zero-order valence-electron chi connectivity index (χ0n) is 14.0. The van der Waals surface area contributed by atoms with Gasteiger partial charge < -0.3 is 15.0 Å². The Bertz CT molecular complexity index is 539. The SMILES string of the molecule is CCC(C)c1ccccc1OCC(=O)NCC(=O)N1CCCC1. The monoisotopic (exact) mass is 318 g/mol. The molecule has 1 aromatic carbocycles. The number of para-hydroxylation sites is 1. The largest absolute Gasteiger partial charge is 0.483 e. The van der Waals surface area contributed by atoms with E-state index in [9.17, 15) is 9.59 Å². The van der Waals surface area contributed by atoms with Gasteiger partial charge in [0.1, 0.15) is 5.75 Å². The number of nitrogens with one attached hydrogen (secondary N) is 1. The Hall–Kier alpha value is -2.04. The van der Waals surface area contributed by atoms with Gasteiger partial charge in [-0.15, -0.1) is 0 Å². The van der Waals surface area contributed by atoms with Gasteiger partial charge in [-0.05, 0) is 36.8 Å². The topological polar surface area (TPSA) is 58.6 Å². The Morgan fingerprint density at radius 2 is 1.96 bits per heavy atom. The van der Waals surface area contributed by atoms with Crippen molar-refractivity contribution in [2.24, 2.45) is 0 Å². The third kappa shape index (κ3) is 4.98. The lowest BCUT2D eigenvalue weighted by molar-refractivity contribution is -0.132. The second-order valence-corrected chi connectivity index (χ2v) is 6.00. The van der Waals surface area contributed by atoms with E-state index in [1.807, 2.05) is 24.3 Å². The summed E-state index contributed by atoms with van der Waals surface area (Å²) in [6.07, 6.45) is 3.11. The van der Waals surface area contributed by atoms with Crippen LogP contribution >= 0.6 is 0 Å². The minimum absolute atomic E-state index is 0.0177. The lowest BCUT2D eigenvalue weighted by atomic mass is 9.98. The molecule has 126 valence electrons. The minimum Gasteiger partial charge on any atom is -0.483 e. The first-order chi connectivity index (χ1) is 11.1. The van der Waals surface area contributed by atoms with Gasteiger partial charge >= 0.3 is 0 Å². The number of carbonyl (C=O) groups is 2.